The van der Waals surface area contributed by atoms with Crippen molar-refractivity contribution in [1.82, 2.24) is 0 Å². The highest BCUT2D eigenvalue weighted by atomic mass is 79.9. The molecule has 0 fully saturated rings. The van der Waals surface area contributed by atoms with Crippen molar-refractivity contribution in [1.29, 1.82) is 0 Å². The second-order valence-corrected chi connectivity index (χ2v) is 4.57. The summed E-state index contributed by atoms with van der Waals surface area (Å²) < 4.78 is 19.2. The molecule has 0 aliphatic rings. The van der Waals surface area contributed by atoms with Gasteiger partial charge in [-0.3, -0.25) is 4.79 Å². The maximum Gasteiger partial charge on any atom is 0.200 e. The number of rotatable bonds is 4. The fraction of sp³-hybridized carbons (Fsp3) is 0.0714. The molecule has 2 rings (SSSR count). The highest BCUT2D eigenvalue weighted by molar-refractivity contribution is 9.10. The molecule has 4 heteroatoms. The zero-order chi connectivity index (χ0) is 13.0. The molecule has 0 aromatic heterocycles. The van der Waals surface area contributed by atoms with Gasteiger partial charge >= 0.3 is 0 Å². The lowest BCUT2D eigenvalue weighted by Crippen LogP contribution is -2.12. The highest BCUT2D eigenvalue weighted by Gasteiger charge is 2.09. The molecule has 0 saturated heterocycles. The molecule has 0 N–H and O–H groups in total. The van der Waals surface area contributed by atoms with E-state index in [9.17, 15) is 9.18 Å². The predicted molar refractivity (Wildman–Crippen MR) is 70.4 cm³/mol. The zero-order valence-electron chi connectivity index (χ0n) is 9.40. The summed E-state index contributed by atoms with van der Waals surface area (Å²) in [6.45, 7) is -0.183. The summed E-state index contributed by atoms with van der Waals surface area (Å²) >= 11 is 3.29. The number of hydrogen-bond acceptors (Lipinski definition) is 2. The van der Waals surface area contributed by atoms with Crippen LogP contribution in [0.3, 0.4) is 0 Å². The van der Waals surface area contributed by atoms with Crippen molar-refractivity contribution in [3.05, 3.63) is 64.4 Å². The Morgan fingerprint density at radius 3 is 2.67 bits per heavy atom. The SMILES string of the molecule is O=C(COc1ccccc1F)c1cccc(Br)c1. The standard InChI is InChI=1S/C14H10BrFO2/c15-11-5-3-4-10(8-11)13(17)9-18-14-7-2-1-6-12(14)16/h1-8H,9H2. The van der Waals surface area contributed by atoms with Gasteiger partial charge in [0.2, 0.25) is 0 Å². The molecule has 0 radical (unpaired) electrons. The third-order valence-corrected chi connectivity index (χ3v) is 2.84. The molecule has 2 aromatic carbocycles. The fourth-order valence-electron chi connectivity index (χ4n) is 1.45. The summed E-state index contributed by atoms with van der Waals surface area (Å²) in [6.07, 6.45) is 0. The molecule has 2 nitrogen and oxygen atoms in total. The Bertz CT molecular complexity index is 569. The van der Waals surface area contributed by atoms with Crippen LogP contribution in [0, 0.1) is 5.82 Å². The summed E-state index contributed by atoms with van der Waals surface area (Å²) in [5.41, 5.74) is 0.528. The number of benzene rings is 2. The van der Waals surface area contributed by atoms with Gasteiger partial charge in [-0.05, 0) is 24.3 Å². The van der Waals surface area contributed by atoms with Gasteiger partial charge < -0.3 is 4.74 Å². The van der Waals surface area contributed by atoms with E-state index in [1.165, 1.54) is 12.1 Å². The molecule has 0 atom stereocenters. The molecule has 0 heterocycles. The van der Waals surface area contributed by atoms with Crippen LogP contribution in [0.25, 0.3) is 0 Å². The molecule has 0 aliphatic carbocycles. The molecule has 18 heavy (non-hydrogen) atoms. The number of para-hydroxylation sites is 1. The minimum Gasteiger partial charge on any atom is -0.482 e. The van der Waals surface area contributed by atoms with E-state index in [1.807, 2.05) is 6.07 Å². The van der Waals surface area contributed by atoms with Crippen LogP contribution in [-0.4, -0.2) is 12.4 Å². The van der Waals surface area contributed by atoms with Crippen LogP contribution >= 0.6 is 15.9 Å². The maximum atomic E-state index is 13.3. The monoisotopic (exact) mass is 308 g/mol. The van der Waals surface area contributed by atoms with Gasteiger partial charge in [0.1, 0.15) is 0 Å². The van der Waals surface area contributed by atoms with E-state index >= 15 is 0 Å². The molecule has 92 valence electrons. The Balaban J connectivity index is 2.03. The maximum absolute atomic E-state index is 13.3. The van der Waals surface area contributed by atoms with Crippen molar-refractivity contribution in [3.8, 4) is 5.75 Å². The lowest BCUT2D eigenvalue weighted by atomic mass is 10.1. The predicted octanol–water partition coefficient (Wildman–Crippen LogP) is 3.85. The molecular formula is C14H10BrFO2. The summed E-state index contributed by atoms with van der Waals surface area (Å²) in [5.74, 6) is -0.583. The van der Waals surface area contributed by atoms with Gasteiger partial charge in [0.25, 0.3) is 0 Å². The van der Waals surface area contributed by atoms with Crippen molar-refractivity contribution in [2.45, 2.75) is 0 Å². The Morgan fingerprint density at radius 1 is 1.17 bits per heavy atom. The number of carbonyl (C=O) groups excluding carboxylic acids is 1. The van der Waals surface area contributed by atoms with E-state index < -0.39 is 5.82 Å². The van der Waals surface area contributed by atoms with E-state index in [0.717, 1.165) is 4.47 Å². The van der Waals surface area contributed by atoms with Gasteiger partial charge in [-0.15, -0.1) is 0 Å². The minimum atomic E-state index is -0.473. The Morgan fingerprint density at radius 2 is 1.94 bits per heavy atom. The second kappa shape index (κ2) is 5.78. The normalized spacial score (nSPS) is 10.1. The van der Waals surface area contributed by atoms with Gasteiger partial charge in [0.05, 0.1) is 0 Å². The molecule has 2 aromatic rings. The first-order valence-electron chi connectivity index (χ1n) is 5.33. The van der Waals surface area contributed by atoms with Crippen LogP contribution in [0.1, 0.15) is 10.4 Å². The van der Waals surface area contributed by atoms with Crippen molar-refractivity contribution in [3.63, 3.8) is 0 Å². The van der Waals surface area contributed by atoms with Gasteiger partial charge in [0, 0.05) is 10.0 Å². The van der Waals surface area contributed by atoms with Crippen LogP contribution in [0.5, 0.6) is 5.75 Å². The molecule has 0 aliphatic heterocycles. The Labute approximate surface area is 113 Å². The number of ether oxygens (including phenoxy) is 1. The first-order valence-corrected chi connectivity index (χ1v) is 6.12. The average molecular weight is 309 g/mol. The molecular weight excluding hydrogens is 299 g/mol. The van der Waals surface area contributed by atoms with Gasteiger partial charge in [-0.2, -0.15) is 0 Å². The zero-order valence-corrected chi connectivity index (χ0v) is 11.0. The van der Waals surface area contributed by atoms with Gasteiger partial charge in [0.15, 0.2) is 24.0 Å². The highest BCUT2D eigenvalue weighted by Crippen LogP contribution is 2.16. The third-order valence-electron chi connectivity index (χ3n) is 2.34. The summed E-state index contributed by atoms with van der Waals surface area (Å²) in [7, 11) is 0. The third kappa shape index (κ3) is 3.17. The van der Waals surface area contributed by atoms with Crippen molar-refractivity contribution < 1.29 is 13.9 Å². The molecule has 0 bridgehead atoms. The number of hydrogen-bond donors (Lipinski definition) is 0. The van der Waals surface area contributed by atoms with Gasteiger partial charge in [-0.1, -0.05) is 40.2 Å². The van der Waals surface area contributed by atoms with Crippen molar-refractivity contribution >= 4 is 21.7 Å². The lowest BCUT2D eigenvalue weighted by molar-refractivity contribution is 0.0918. The van der Waals surface area contributed by atoms with Crippen LogP contribution in [0.4, 0.5) is 4.39 Å². The van der Waals surface area contributed by atoms with Crippen LogP contribution in [-0.2, 0) is 0 Å². The first-order chi connectivity index (χ1) is 8.66. The Hall–Kier alpha value is -1.68. The van der Waals surface area contributed by atoms with E-state index in [4.69, 9.17) is 4.74 Å². The molecule has 0 saturated carbocycles. The second-order valence-electron chi connectivity index (χ2n) is 3.65. The minimum absolute atomic E-state index is 0.0841. The molecule has 0 unspecified atom stereocenters. The first kappa shape index (κ1) is 12.8. The van der Waals surface area contributed by atoms with Crippen LogP contribution < -0.4 is 4.74 Å². The number of ketones is 1. The topological polar surface area (TPSA) is 26.3 Å². The summed E-state index contributed by atoms with van der Waals surface area (Å²) in [4.78, 5) is 11.8. The van der Waals surface area contributed by atoms with Crippen LogP contribution in [0.2, 0.25) is 0 Å². The van der Waals surface area contributed by atoms with Crippen LogP contribution in [0.15, 0.2) is 53.0 Å². The molecule has 0 amide bonds. The lowest BCUT2D eigenvalue weighted by Gasteiger charge is -2.06. The van der Waals surface area contributed by atoms with E-state index in [-0.39, 0.29) is 18.1 Å². The van der Waals surface area contributed by atoms with Crippen molar-refractivity contribution in [2.24, 2.45) is 0 Å². The van der Waals surface area contributed by atoms with Gasteiger partial charge in [-0.25, -0.2) is 4.39 Å². The van der Waals surface area contributed by atoms with E-state index in [0.29, 0.717) is 5.56 Å². The fourth-order valence-corrected chi connectivity index (χ4v) is 1.85. The van der Waals surface area contributed by atoms with E-state index in [2.05, 4.69) is 15.9 Å². The summed E-state index contributed by atoms with van der Waals surface area (Å²) in [6, 6.07) is 13.0. The largest absolute Gasteiger partial charge is 0.482 e. The number of halogens is 2. The summed E-state index contributed by atoms with van der Waals surface area (Å²) in [5, 5.41) is 0. The smallest absolute Gasteiger partial charge is 0.200 e. The van der Waals surface area contributed by atoms with Crippen molar-refractivity contribution in [2.75, 3.05) is 6.61 Å². The number of carbonyl (C=O) groups is 1. The quantitative estimate of drug-likeness (QED) is 0.802. The van der Waals surface area contributed by atoms with E-state index in [1.54, 1.807) is 30.3 Å². The number of Topliss-reactive ketones (excluding diaryl/α,β-unsaturated/α-hetero) is 1. The average Bonchev–Trinajstić information content (AvgIpc) is 2.37. The Kier molecular flexibility index (Phi) is 4.10. The molecule has 0 spiro atoms.